The van der Waals surface area contributed by atoms with E-state index in [4.69, 9.17) is 4.74 Å². The van der Waals surface area contributed by atoms with Crippen LogP contribution in [0.2, 0.25) is 0 Å². The van der Waals surface area contributed by atoms with Crippen LogP contribution in [0.5, 0.6) is 0 Å². The average molecular weight is 472 g/mol. The SMILES string of the molecule is CCCc1nc(C(=O)C(C)C)c(C#N)n1Cc1ccc(-c2ccccc2C(=O)OC(C)(C)C)cc1. The summed E-state index contributed by atoms with van der Waals surface area (Å²) in [5.41, 5.74) is 3.16. The van der Waals surface area contributed by atoms with Crippen molar-refractivity contribution in [3.63, 3.8) is 0 Å². The lowest BCUT2D eigenvalue weighted by Gasteiger charge is -2.20. The van der Waals surface area contributed by atoms with Gasteiger partial charge in [-0.3, -0.25) is 4.79 Å². The highest BCUT2D eigenvalue weighted by atomic mass is 16.6. The van der Waals surface area contributed by atoms with Crippen LogP contribution in [0, 0.1) is 17.2 Å². The highest BCUT2D eigenvalue weighted by Crippen LogP contribution is 2.27. The van der Waals surface area contributed by atoms with Crippen LogP contribution < -0.4 is 0 Å². The fourth-order valence-corrected chi connectivity index (χ4v) is 3.86. The van der Waals surface area contributed by atoms with Gasteiger partial charge in [-0.1, -0.05) is 63.2 Å². The van der Waals surface area contributed by atoms with E-state index in [0.717, 1.165) is 28.9 Å². The van der Waals surface area contributed by atoms with E-state index in [2.05, 4.69) is 11.1 Å². The number of aromatic nitrogens is 2. The summed E-state index contributed by atoms with van der Waals surface area (Å²) in [5.74, 6) is 0.0317. The predicted molar refractivity (Wildman–Crippen MR) is 136 cm³/mol. The van der Waals surface area contributed by atoms with Gasteiger partial charge >= 0.3 is 5.97 Å². The maximum atomic E-state index is 12.7. The fourth-order valence-electron chi connectivity index (χ4n) is 3.86. The van der Waals surface area contributed by atoms with Crippen molar-refractivity contribution in [3.05, 3.63) is 76.9 Å². The number of Topliss-reactive ketones (excluding diaryl/α,β-unsaturated/α-hetero) is 1. The lowest BCUT2D eigenvalue weighted by atomic mass is 9.98. The zero-order chi connectivity index (χ0) is 25.8. The van der Waals surface area contributed by atoms with E-state index in [1.165, 1.54) is 0 Å². The Morgan fingerprint density at radius 3 is 2.31 bits per heavy atom. The Labute approximate surface area is 207 Å². The van der Waals surface area contributed by atoms with Crippen molar-refractivity contribution in [2.45, 2.75) is 66.5 Å². The zero-order valence-corrected chi connectivity index (χ0v) is 21.4. The molecule has 0 amide bonds. The van der Waals surface area contributed by atoms with Crippen LogP contribution in [0.25, 0.3) is 11.1 Å². The highest BCUT2D eigenvalue weighted by molar-refractivity contribution is 5.98. The second-order valence-corrected chi connectivity index (χ2v) is 9.94. The number of benzene rings is 2. The van der Waals surface area contributed by atoms with E-state index in [1.54, 1.807) is 6.07 Å². The predicted octanol–water partition coefficient (Wildman–Crippen LogP) is 6.22. The summed E-state index contributed by atoms with van der Waals surface area (Å²) < 4.78 is 7.43. The topological polar surface area (TPSA) is 85.0 Å². The Kier molecular flexibility index (Phi) is 7.91. The van der Waals surface area contributed by atoms with Crippen LogP contribution in [-0.4, -0.2) is 26.9 Å². The van der Waals surface area contributed by atoms with E-state index in [1.807, 2.05) is 88.6 Å². The minimum absolute atomic E-state index is 0.119. The van der Waals surface area contributed by atoms with E-state index in [9.17, 15) is 14.9 Å². The molecule has 6 heteroatoms. The fraction of sp³-hybridized carbons (Fsp3) is 0.379. The smallest absolute Gasteiger partial charge is 0.339 e. The molecule has 182 valence electrons. The van der Waals surface area contributed by atoms with Gasteiger partial charge in [0.2, 0.25) is 0 Å². The maximum Gasteiger partial charge on any atom is 0.339 e. The Bertz CT molecular complexity index is 1260. The summed E-state index contributed by atoms with van der Waals surface area (Å²) in [4.78, 5) is 30.0. The van der Waals surface area contributed by atoms with Crippen LogP contribution in [-0.2, 0) is 17.7 Å². The first-order valence-corrected chi connectivity index (χ1v) is 12.0. The third-order valence-electron chi connectivity index (χ3n) is 5.54. The third-order valence-corrected chi connectivity index (χ3v) is 5.54. The number of ketones is 1. The van der Waals surface area contributed by atoms with E-state index < -0.39 is 5.60 Å². The molecular weight excluding hydrogens is 438 g/mol. The number of imidazole rings is 1. The van der Waals surface area contributed by atoms with Crippen LogP contribution in [0.1, 0.15) is 85.9 Å². The van der Waals surface area contributed by atoms with E-state index in [0.29, 0.717) is 24.2 Å². The Hall–Kier alpha value is -3.72. The first-order chi connectivity index (χ1) is 16.6. The molecule has 1 aromatic heterocycles. The molecule has 0 aliphatic heterocycles. The van der Waals surface area contributed by atoms with E-state index >= 15 is 0 Å². The van der Waals surface area contributed by atoms with Crippen LogP contribution in [0.3, 0.4) is 0 Å². The number of ether oxygens (including phenoxy) is 1. The molecule has 0 saturated heterocycles. The zero-order valence-electron chi connectivity index (χ0n) is 21.4. The summed E-state index contributed by atoms with van der Waals surface area (Å²) in [6.07, 6.45) is 1.54. The molecule has 0 bridgehead atoms. The Morgan fingerprint density at radius 2 is 1.74 bits per heavy atom. The summed E-state index contributed by atoms with van der Waals surface area (Å²) in [6.45, 7) is 11.7. The monoisotopic (exact) mass is 471 g/mol. The molecule has 35 heavy (non-hydrogen) atoms. The minimum Gasteiger partial charge on any atom is -0.456 e. The van der Waals surface area contributed by atoms with Gasteiger partial charge < -0.3 is 9.30 Å². The van der Waals surface area contributed by atoms with Gasteiger partial charge in [0.25, 0.3) is 0 Å². The molecule has 1 heterocycles. The number of aryl methyl sites for hydroxylation is 1. The molecule has 0 atom stereocenters. The number of carbonyl (C=O) groups is 2. The molecule has 0 saturated carbocycles. The number of hydrogen-bond donors (Lipinski definition) is 0. The molecule has 0 N–H and O–H groups in total. The van der Waals surface area contributed by atoms with Gasteiger partial charge in [-0.15, -0.1) is 0 Å². The third kappa shape index (κ3) is 6.05. The Balaban J connectivity index is 1.94. The van der Waals surface area contributed by atoms with Crippen LogP contribution >= 0.6 is 0 Å². The molecule has 0 spiro atoms. The quantitative estimate of drug-likeness (QED) is 0.288. The second-order valence-electron chi connectivity index (χ2n) is 9.94. The van der Waals surface area contributed by atoms with Crippen molar-refractivity contribution in [2.24, 2.45) is 5.92 Å². The Morgan fingerprint density at radius 1 is 1.09 bits per heavy atom. The minimum atomic E-state index is -0.580. The number of hydrogen-bond acceptors (Lipinski definition) is 5. The van der Waals surface area contributed by atoms with Gasteiger partial charge in [-0.05, 0) is 49.9 Å². The highest BCUT2D eigenvalue weighted by Gasteiger charge is 2.24. The molecule has 2 aromatic carbocycles. The molecule has 0 fully saturated rings. The molecule has 3 aromatic rings. The van der Waals surface area contributed by atoms with Crippen molar-refractivity contribution in [3.8, 4) is 17.2 Å². The first kappa shape index (κ1) is 25.9. The summed E-state index contributed by atoms with van der Waals surface area (Å²) in [7, 11) is 0. The normalized spacial score (nSPS) is 11.4. The second kappa shape index (κ2) is 10.7. The number of carbonyl (C=O) groups excluding carboxylic acids is 2. The van der Waals surface area contributed by atoms with Gasteiger partial charge in [-0.25, -0.2) is 9.78 Å². The van der Waals surface area contributed by atoms with Gasteiger partial charge in [0, 0.05) is 12.3 Å². The molecule has 0 unspecified atom stereocenters. The molecule has 0 aliphatic carbocycles. The van der Waals surface area contributed by atoms with Gasteiger partial charge in [0.05, 0.1) is 12.1 Å². The molecule has 3 rings (SSSR count). The molecule has 0 radical (unpaired) electrons. The number of nitrogens with zero attached hydrogens (tertiary/aromatic N) is 3. The first-order valence-electron chi connectivity index (χ1n) is 12.0. The van der Waals surface area contributed by atoms with Crippen LogP contribution in [0.4, 0.5) is 0 Å². The van der Waals surface area contributed by atoms with Crippen molar-refractivity contribution < 1.29 is 14.3 Å². The lowest BCUT2D eigenvalue weighted by Crippen LogP contribution is -2.24. The average Bonchev–Trinajstić information content (AvgIpc) is 3.15. The maximum absolute atomic E-state index is 12.7. The molecular formula is C29H33N3O3. The number of esters is 1. The standard InChI is InChI=1S/C29H33N3O3/c1-7-10-25-31-26(27(33)19(2)3)24(17-30)32(25)18-20-13-15-21(16-14-20)22-11-8-9-12-23(22)28(34)35-29(4,5)6/h8-9,11-16,19H,7,10,18H2,1-6H3. The van der Waals surface area contributed by atoms with Crippen molar-refractivity contribution in [1.82, 2.24) is 9.55 Å². The van der Waals surface area contributed by atoms with Gasteiger partial charge in [0.15, 0.2) is 11.5 Å². The lowest BCUT2D eigenvalue weighted by molar-refractivity contribution is 0.00703. The summed E-state index contributed by atoms with van der Waals surface area (Å²) in [5, 5.41) is 9.84. The summed E-state index contributed by atoms with van der Waals surface area (Å²) >= 11 is 0. The van der Waals surface area contributed by atoms with Gasteiger partial charge in [0.1, 0.15) is 23.2 Å². The number of nitriles is 1. The molecule has 6 nitrogen and oxygen atoms in total. The largest absolute Gasteiger partial charge is 0.456 e. The van der Waals surface area contributed by atoms with Gasteiger partial charge in [-0.2, -0.15) is 5.26 Å². The van der Waals surface area contributed by atoms with Crippen molar-refractivity contribution in [2.75, 3.05) is 0 Å². The van der Waals surface area contributed by atoms with Crippen molar-refractivity contribution in [1.29, 1.82) is 5.26 Å². The number of rotatable bonds is 8. The van der Waals surface area contributed by atoms with Crippen LogP contribution in [0.15, 0.2) is 48.5 Å². The van der Waals surface area contributed by atoms with Crippen molar-refractivity contribution >= 4 is 11.8 Å². The van der Waals surface area contributed by atoms with E-state index in [-0.39, 0.29) is 23.4 Å². The molecule has 0 aliphatic rings. The summed E-state index contributed by atoms with van der Waals surface area (Å²) in [6, 6.07) is 17.5.